The molecule has 44 heavy (non-hydrogen) atoms. The number of allylic oxidation sites excluding steroid dienone is 1. The lowest BCUT2D eigenvalue weighted by Crippen LogP contribution is -2.66. The van der Waals surface area contributed by atoms with Gasteiger partial charge < -0.3 is 14.9 Å². The zero-order chi connectivity index (χ0) is 32.4. The molecule has 6 nitrogen and oxygen atoms in total. The lowest BCUT2D eigenvalue weighted by atomic mass is 9.32. The zero-order valence-electron chi connectivity index (χ0n) is 28.6. The largest absolute Gasteiger partial charge is 0.481 e. The topological polar surface area (TPSA) is 101 Å². The van der Waals surface area contributed by atoms with Crippen LogP contribution in [0, 0.1) is 73.9 Å². The molecule has 0 radical (unpaired) electrons. The number of ether oxygens (including phenoxy) is 1. The number of rotatable bonds is 6. The van der Waals surface area contributed by atoms with Crippen molar-refractivity contribution in [3.8, 4) is 0 Å². The van der Waals surface area contributed by atoms with Gasteiger partial charge in [0.2, 0.25) is 0 Å². The van der Waals surface area contributed by atoms with Crippen LogP contribution in [0.3, 0.4) is 0 Å². The Bertz CT molecular complexity index is 1270. The average molecular weight is 611 g/mol. The number of hydrogen-bond acceptors (Lipinski definition) is 4. The van der Waals surface area contributed by atoms with Crippen LogP contribution in [-0.4, -0.2) is 34.2 Å². The SMILES string of the molecule is C=C(C)[C@H]1C[C@@H]2[C@H]3CC[C@@H]4[C@@]5(C)CC[C@H](OC(=O)[C@H]6[C@@H](CC(=O)O)C6(C)C)C(C)(C)[C@@H]5CC[C@@]4(C)[C@]3(C)CC[C@@]2(C(=O)O)C1. The molecule has 6 aliphatic rings. The van der Waals surface area contributed by atoms with Crippen LogP contribution in [0.2, 0.25) is 0 Å². The number of fused-ring (bicyclic) bond motifs is 7. The molecule has 6 aliphatic carbocycles. The second kappa shape index (κ2) is 9.83. The van der Waals surface area contributed by atoms with Crippen molar-refractivity contribution in [3.63, 3.8) is 0 Å². The van der Waals surface area contributed by atoms with Crippen molar-refractivity contribution in [3.05, 3.63) is 12.2 Å². The maximum Gasteiger partial charge on any atom is 0.310 e. The van der Waals surface area contributed by atoms with Crippen LogP contribution in [0.5, 0.6) is 0 Å². The molecule has 6 fully saturated rings. The molecule has 0 aromatic rings. The number of esters is 1. The maximum atomic E-state index is 13.5. The first-order valence-corrected chi connectivity index (χ1v) is 17.6. The van der Waals surface area contributed by atoms with E-state index in [4.69, 9.17) is 4.74 Å². The molecule has 12 atom stereocenters. The van der Waals surface area contributed by atoms with E-state index in [9.17, 15) is 24.6 Å². The first-order valence-electron chi connectivity index (χ1n) is 17.6. The van der Waals surface area contributed by atoms with Crippen LogP contribution in [0.4, 0.5) is 0 Å². The van der Waals surface area contributed by atoms with Crippen LogP contribution in [-0.2, 0) is 19.1 Å². The highest BCUT2D eigenvalue weighted by atomic mass is 16.5. The summed E-state index contributed by atoms with van der Waals surface area (Å²) in [5.74, 6) is -0.149. The Balaban J connectivity index is 1.24. The fraction of sp³-hybridized carbons (Fsp3) is 0.868. The molecule has 0 aromatic heterocycles. The quantitative estimate of drug-likeness (QED) is 0.231. The third kappa shape index (κ3) is 4.12. The van der Waals surface area contributed by atoms with Crippen LogP contribution >= 0.6 is 0 Å². The fourth-order valence-electron chi connectivity index (χ4n) is 13.5. The van der Waals surface area contributed by atoms with Gasteiger partial charge in [-0.25, -0.2) is 0 Å². The third-order valence-electron chi connectivity index (χ3n) is 16.4. The van der Waals surface area contributed by atoms with Gasteiger partial charge in [-0.1, -0.05) is 60.6 Å². The van der Waals surface area contributed by atoms with Crippen molar-refractivity contribution >= 4 is 17.9 Å². The summed E-state index contributed by atoms with van der Waals surface area (Å²) >= 11 is 0. The van der Waals surface area contributed by atoms with Crippen molar-refractivity contribution in [1.82, 2.24) is 0 Å². The Hall–Kier alpha value is -1.85. The van der Waals surface area contributed by atoms with Crippen molar-refractivity contribution in [1.29, 1.82) is 0 Å². The van der Waals surface area contributed by atoms with Gasteiger partial charge in [0, 0.05) is 11.8 Å². The van der Waals surface area contributed by atoms with E-state index >= 15 is 0 Å². The highest BCUT2D eigenvalue weighted by molar-refractivity contribution is 5.80. The molecular weight excluding hydrogens is 552 g/mol. The Morgan fingerprint density at radius 3 is 2.09 bits per heavy atom. The summed E-state index contributed by atoms with van der Waals surface area (Å²) in [6.07, 6.45) is 9.78. The molecule has 6 heteroatoms. The fourth-order valence-corrected chi connectivity index (χ4v) is 13.5. The summed E-state index contributed by atoms with van der Waals surface area (Å²) in [5, 5.41) is 20.0. The van der Waals surface area contributed by atoms with Crippen molar-refractivity contribution < 1.29 is 29.3 Å². The van der Waals surface area contributed by atoms with Crippen LogP contribution in [0.25, 0.3) is 0 Å². The monoisotopic (exact) mass is 610 g/mol. The minimum atomic E-state index is -0.851. The molecule has 0 saturated heterocycles. The highest BCUT2D eigenvalue weighted by Crippen LogP contribution is 2.77. The first kappa shape index (κ1) is 32.1. The molecule has 0 aliphatic heterocycles. The molecule has 2 N–H and O–H groups in total. The number of carboxylic acid groups (broad SMARTS) is 2. The van der Waals surface area contributed by atoms with E-state index in [2.05, 4.69) is 48.1 Å². The Kier molecular flexibility index (Phi) is 7.17. The van der Waals surface area contributed by atoms with Gasteiger partial charge in [0.05, 0.1) is 11.3 Å². The van der Waals surface area contributed by atoms with E-state index in [-0.39, 0.29) is 63.3 Å². The maximum absolute atomic E-state index is 13.5. The lowest BCUT2D eigenvalue weighted by Gasteiger charge is -2.72. The molecule has 6 saturated carbocycles. The minimum absolute atomic E-state index is 0.0177. The molecule has 0 bridgehead atoms. The predicted molar refractivity (Wildman–Crippen MR) is 169 cm³/mol. The van der Waals surface area contributed by atoms with E-state index < -0.39 is 17.4 Å². The summed E-state index contributed by atoms with van der Waals surface area (Å²) in [7, 11) is 0. The number of carbonyl (C=O) groups is 3. The van der Waals surface area contributed by atoms with Crippen LogP contribution < -0.4 is 0 Å². The lowest BCUT2D eigenvalue weighted by molar-refractivity contribution is -0.249. The predicted octanol–water partition coefficient (Wildman–Crippen LogP) is 8.39. The van der Waals surface area contributed by atoms with E-state index in [1.807, 2.05) is 13.8 Å². The van der Waals surface area contributed by atoms with E-state index in [1.165, 1.54) is 0 Å². The van der Waals surface area contributed by atoms with Crippen LogP contribution in [0.1, 0.15) is 126 Å². The summed E-state index contributed by atoms with van der Waals surface area (Å²) < 4.78 is 6.35. The van der Waals surface area contributed by atoms with E-state index in [0.717, 1.165) is 69.8 Å². The second-order valence-electron chi connectivity index (χ2n) is 18.5. The minimum Gasteiger partial charge on any atom is -0.481 e. The van der Waals surface area contributed by atoms with E-state index in [1.54, 1.807) is 0 Å². The Morgan fingerprint density at radius 1 is 0.795 bits per heavy atom. The van der Waals surface area contributed by atoms with Crippen LogP contribution in [0.15, 0.2) is 12.2 Å². The Morgan fingerprint density at radius 2 is 1.48 bits per heavy atom. The van der Waals surface area contributed by atoms with Gasteiger partial charge in [-0.05, 0) is 128 Å². The van der Waals surface area contributed by atoms with E-state index in [0.29, 0.717) is 23.7 Å². The molecular formula is C38H58O6. The average Bonchev–Trinajstić information content (AvgIpc) is 3.24. The molecule has 0 unspecified atom stereocenters. The van der Waals surface area contributed by atoms with Gasteiger partial charge >= 0.3 is 17.9 Å². The van der Waals surface area contributed by atoms with Crippen molar-refractivity contribution in [2.24, 2.45) is 73.9 Å². The van der Waals surface area contributed by atoms with Gasteiger partial charge in [0.1, 0.15) is 6.10 Å². The normalized spacial score (nSPS) is 49.8. The highest BCUT2D eigenvalue weighted by Gasteiger charge is 2.72. The molecule has 246 valence electrons. The number of hydrogen-bond donors (Lipinski definition) is 2. The Labute approximate surface area is 265 Å². The summed E-state index contributed by atoms with van der Waals surface area (Å²) in [4.78, 5) is 37.8. The van der Waals surface area contributed by atoms with Gasteiger partial charge in [0.25, 0.3) is 0 Å². The van der Waals surface area contributed by atoms with Gasteiger partial charge in [-0.3, -0.25) is 14.4 Å². The molecule has 0 spiro atoms. The van der Waals surface area contributed by atoms with Crippen molar-refractivity contribution in [2.75, 3.05) is 0 Å². The van der Waals surface area contributed by atoms with Gasteiger partial charge in [0.15, 0.2) is 0 Å². The van der Waals surface area contributed by atoms with Gasteiger partial charge in [-0.15, -0.1) is 0 Å². The molecule has 0 amide bonds. The summed E-state index contributed by atoms with van der Waals surface area (Å²) in [6, 6.07) is 0. The number of carbonyl (C=O) groups excluding carboxylic acids is 1. The summed E-state index contributed by atoms with van der Waals surface area (Å²) in [5.41, 5.74) is 0.449. The standard InChI is InChI=1S/C38H58O6/c1-21(2)22-18-24-23-10-11-27-35(7)14-13-28(44-31(41)30-25(19-29(39)40)33(30,3)4)34(5,6)26(35)12-15-37(27,9)36(23,8)16-17-38(24,20-22)32(42)43/h22-28,30H,1,10-20H2,2-9H3,(H,39,40)(H,42,43)/t22-,23+,24+,25+,26-,27+,28-,30+,35-,36+,37+,38+/m0/s1. The zero-order valence-corrected chi connectivity index (χ0v) is 28.6. The first-order chi connectivity index (χ1) is 20.3. The number of carboxylic acids is 2. The summed E-state index contributed by atoms with van der Waals surface area (Å²) in [6.45, 7) is 22.6. The number of aliphatic carboxylic acids is 2. The second-order valence-corrected chi connectivity index (χ2v) is 18.5. The molecule has 0 heterocycles. The van der Waals surface area contributed by atoms with Crippen molar-refractivity contribution in [2.45, 2.75) is 132 Å². The van der Waals surface area contributed by atoms with Gasteiger partial charge in [-0.2, -0.15) is 0 Å². The molecule has 0 aromatic carbocycles. The third-order valence-corrected chi connectivity index (χ3v) is 16.4. The molecule has 6 rings (SSSR count). The smallest absolute Gasteiger partial charge is 0.310 e.